The molecule has 2 unspecified atom stereocenters. The molecular formula is C13H18ClFN2O3. The van der Waals surface area contributed by atoms with Gasteiger partial charge in [-0.3, -0.25) is 4.79 Å². The van der Waals surface area contributed by atoms with Gasteiger partial charge in [0.05, 0.1) is 13.2 Å². The molecule has 1 fully saturated rings. The maximum absolute atomic E-state index is 13.7. The maximum atomic E-state index is 13.7. The standard InChI is InChI=1S/C13H17FN2O3.ClH/c1-19-11-4-2-3-9(14)12(11)13(18)16-6-8-5-15-7-10(8)17;/h2-4,8,10,15,17H,5-7H2,1H3,(H,16,18);1H. The Morgan fingerprint density at radius 3 is 2.90 bits per heavy atom. The molecule has 1 aromatic rings. The number of halogens is 2. The molecule has 1 amide bonds. The third-order valence-electron chi connectivity index (χ3n) is 3.25. The highest BCUT2D eigenvalue weighted by atomic mass is 35.5. The third-order valence-corrected chi connectivity index (χ3v) is 3.25. The van der Waals surface area contributed by atoms with Crippen LogP contribution in [-0.4, -0.2) is 43.9 Å². The van der Waals surface area contributed by atoms with Gasteiger partial charge in [0.2, 0.25) is 0 Å². The van der Waals surface area contributed by atoms with Crippen molar-refractivity contribution in [1.29, 1.82) is 0 Å². The lowest BCUT2D eigenvalue weighted by Gasteiger charge is -2.15. The molecule has 0 aromatic heterocycles. The van der Waals surface area contributed by atoms with Gasteiger partial charge in [-0.2, -0.15) is 0 Å². The summed E-state index contributed by atoms with van der Waals surface area (Å²) < 4.78 is 18.6. The predicted octanol–water partition coefficient (Wildman–Crippen LogP) is 0.566. The third kappa shape index (κ3) is 3.59. The van der Waals surface area contributed by atoms with Gasteiger partial charge in [-0.15, -0.1) is 12.4 Å². The predicted molar refractivity (Wildman–Crippen MR) is 74.9 cm³/mol. The molecule has 2 rings (SSSR count). The number of rotatable bonds is 4. The largest absolute Gasteiger partial charge is 0.496 e. The second-order valence-electron chi connectivity index (χ2n) is 4.51. The topological polar surface area (TPSA) is 70.6 Å². The Kier molecular flexibility index (Phi) is 6.19. The number of amides is 1. The molecule has 0 bridgehead atoms. The lowest BCUT2D eigenvalue weighted by atomic mass is 10.1. The molecule has 20 heavy (non-hydrogen) atoms. The molecule has 5 nitrogen and oxygen atoms in total. The van der Waals surface area contributed by atoms with E-state index in [9.17, 15) is 14.3 Å². The highest BCUT2D eigenvalue weighted by Crippen LogP contribution is 2.21. The number of carbonyl (C=O) groups is 1. The number of hydrogen-bond acceptors (Lipinski definition) is 4. The highest BCUT2D eigenvalue weighted by Gasteiger charge is 2.26. The summed E-state index contributed by atoms with van der Waals surface area (Å²) in [5.41, 5.74) is -0.106. The van der Waals surface area contributed by atoms with E-state index < -0.39 is 17.8 Å². The molecule has 7 heteroatoms. The van der Waals surface area contributed by atoms with E-state index in [2.05, 4.69) is 10.6 Å². The summed E-state index contributed by atoms with van der Waals surface area (Å²) in [5.74, 6) is -1.01. The van der Waals surface area contributed by atoms with E-state index in [1.54, 1.807) is 0 Å². The van der Waals surface area contributed by atoms with Gasteiger partial charge in [-0.1, -0.05) is 6.07 Å². The van der Waals surface area contributed by atoms with Crippen molar-refractivity contribution in [3.05, 3.63) is 29.6 Å². The van der Waals surface area contributed by atoms with E-state index >= 15 is 0 Å². The van der Waals surface area contributed by atoms with Crippen LogP contribution in [0.15, 0.2) is 18.2 Å². The summed E-state index contributed by atoms with van der Waals surface area (Å²) in [6, 6.07) is 4.23. The molecule has 0 radical (unpaired) electrons. The first-order valence-electron chi connectivity index (χ1n) is 6.13. The van der Waals surface area contributed by atoms with E-state index in [0.29, 0.717) is 19.6 Å². The number of hydrogen-bond donors (Lipinski definition) is 3. The van der Waals surface area contributed by atoms with E-state index in [0.717, 1.165) is 0 Å². The van der Waals surface area contributed by atoms with Crippen LogP contribution in [0.2, 0.25) is 0 Å². The van der Waals surface area contributed by atoms with E-state index in [1.807, 2.05) is 0 Å². The molecule has 2 atom stereocenters. The van der Waals surface area contributed by atoms with Gasteiger partial charge >= 0.3 is 0 Å². The van der Waals surface area contributed by atoms with Crippen molar-refractivity contribution < 1.29 is 19.0 Å². The molecular weight excluding hydrogens is 287 g/mol. The van der Waals surface area contributed by atoms with Gasteiger partial charge in [-0.05, 0) is 12.1 Å². The van der Waals surface area contributed by atoms with Crippen molar-refractivity contribution in [1.82, 2.24) is 10.6 Å². The summed E-state index contributed by atoms with van der Waals surface area (Å²) in [7, 11) is 1.39. The molecule has 112 valence electrons. The summed E-state index contributed by atoms with van der Waals surface area (Å²) >= 11 is 0. The molecule has 1 saturated heterocycles. The minimum Gasteiger partial charge on any atom is -0.496 e. The first-order valence-corrected chi connectivity index (χ1v) is 6.13. The average molecular weight is 305 g/mol. The number of carbonyl (C=O) groups excluding carboxylic acids is 1. The fourth-order valence-electron chi connectivity index (χ4n) is 2.13. The van der Waals surface area contributed by atoms with Crippen molar-refractivity contribution in [3.63, 3.8) is 0 Å². The van der Waals surface area contributed by atoms with Crippen LogP contribution < -0.4 is 15.4 Å². The monoisotopic (exact) mass is 304 g/mol. The Morgan fingerprint density at radius 2 is 2.30 bits per heavy atom. The SMILES string of the molecule is COc1cccc(F)c1C(=O)NCC1CNCC1O.Cl. The summed E-state index contributed by atoms with van der Waals surface area (Å²) in [6.07, 6.45) is -0.484. The molecule has 0 saturated carbocycles. The zero-order chi connectivity index (χ0) is 13.8. The second kappa shape index (κ2) is 7.42. The summed E-state index contributed by atoms with van der Waals surface area (Å²) in [5, 5.41) is 15.3. The fourth-order valence-corrected chi connectivity index (χ4v) is 2.13. The van der Waals surface area contributed by atoms with Gasteiger partial charge < -0.3 is 20.5 Å². The Balaban J connectivity index is 0.00000200. The maximum Gasteiger partial charge on any atom is 0.258 e. The van der Waals surface area contributed by atoms with Crippen molar-refractivity contribution in [2.75, 3.05) is 26.7 Å². The normalized spacial score (nSPS) is 21.1. The van der Waals surface area contributed by atoms with Crippen molar-refractivity contribution in [2.24, 2.45) is 5.92 Å². The Bertz CT molecular complexity index is 473. The van der Waals surface area contributed by atoms with Gasteiger partial charge in [0, 0.05) is 25.6 Å². The Hall–Kier alpha value is -1.37. The number of benzene rings is 1. The van der Waals surface area contributed by atoms with Gasteiger partial charge in [0.25, 0.3) is 5.91 Å². The number of aliphatic hydroxyl groups is 1. The minimum absolute atomic E-state index is 0. The van der Waals surface area contributed by atoms with E-state index in [4.69, 9.17) is 4.74 Å². The van der Waals surface area contributed by atoms with Crippen molar-refractivity contribution >= 4 is 18.3 Å². The molecule has 0 spiro atoms. The van der Waals surface area contributed by atoms with Crippen LogP contribution in [0.4, 0.5) is 4.39 Å². The summed E-state index contributed by atoms with van der Waals surface area (Å²) in [6.45, 7) is 1.45. The van der Waals surface area contributed by atoms with Crippen LogP contribution >= 0.6 is 12.4 Å². The fraction of sp³-hybridized carbons (Fsp3) is 0.462. The Morgan fingerprint density at radius 1 is 1.55 bits per heavy atom. The van der Waals surface area contributed by atoms with Gasteiger partial charge in [0.15, 0.2) is 0 Å². The molecule has 3 N–H and O–H groups in total. The van der Waals surface area contributed by atoms with Crippen LogP contribution in [0, 0.1) is 11.7 Å². The van der Waals surface area contributed by atoms with Crippen LogP contribution in [0.1, 0.15) is 10.4 Å². The van der Waals surface area contributed by atoms with Crippen molar-refractivity contribution in [3.8, 4) is 5.75 Å². The van der Waals surface area contributed by atoms with E-state index in [-0.39, 0.29) is 29.6 Å². The zero-order valence-corrected chi connectivity index (χ0v) is 11.9. The minimum atomic E-state index is -0.623. The smallest absolute Gasteiger partial charge is 0.258 e. The number of methoxy groups -OCH3 is 1. The zero-order valence-electron chi connectivity index (χ0n) is 11.1. The highest BCUT2D eigenvalue weighted by molar-refractivity contribution is 5.97. The lowest BCUT2D eigenvalue weighted by molar-refractivity contribution is 0.0920. The van der Waals surface area contributed by atoms with Gasteiger partial charge in [-0.25, -0.2) is 4.39 Å². The van der Waals surface area contributed by atoms with Crippen LogP contribution in [0.25, 0.3) is 0 Å². The molecule has 0 aliphatic carbocycles. The number of β-amino-alcohol motifs (C(OH)–C–C–N with tert-alkyl or cyclic N) is 1. The number of ether oxygens (including phenoxy) is 1. The molecule has 1 aliphatic rings. The first-order chi connectivity index (χ1) is 9.13. The molecule has 1 heterocycles. The van der Waals surface area contributed by atoms with Crippen LogP contribution in [0.5, 0.6) is 5.75 Å². The lowest BCUT2D eigenvalue weighted by Crippen LogP contribution is -2.34. The molecule has 1 aliphatic heterocycles. The Labute approximate surface area is 122 Å². The second-order valence-corrected chi connectivity index (χ2v) is 4.51. The van der Waals surface area contributed by atoms with Crippen LogP contribution in [-0.2, 0) is 0 Å². The van der Waals surface area contributed by atoms with E-state index in [1.165, 1.54) is 25.3 Å². The quantitative estimate of drug-likeness (QED) is 0.760. The van der Waals surface area contributed by atoms with Crippen LogP contribution in [0.3, 0.4) is 0 Å². The first kappa shape index (κ1) is 16.7. The number of aliphatic hydroxyl groups excluding tert-OH is 1. The average Bonchev–Trinajstić information content (AvgIpc) is 2.81. The van der Waals surface area contributed by atoms with Gasteiger partial charge in [0.1, 0.15) is 17.1 Å². The molecule has 1 aromatic carbocycles. The summed E-state index contributed by atoms with van der Waals surface area (Å²) in [4.78, 5) is 12.0. The number of nitrogens with one attached hydrogen (secondary N) is 2. The van der Waals surface area contributed by atoms with Crippen molar-refractivity contribution in [2.45, 2.75) is 6.10 Å².